The van der Waals surface area contributed by atoms with E-state index in [1.54, 1.807) is 6.33 Å². The molecule has 2 aromatic heterocycles. The lowest BCUT2D eigenvalue weighted by atomic mass is 10.1. The Kier molecular flexibility index (Phi) is 3.45. The van der Waals surface area contributed by atoms with Gasteiger partial charge in [0.15, 0.2) is 0 Å². The highest BCUT2D eigenvalue weighted by molar-refractivity contribution is 5.79. The first-order valence-corrected chi connectivity index (χ1v) is 7.84. The van der Waals surface area contributed by atoms with Crippen LogP contribution in [0.3, 0.4) is 0 Å². The Morgan fingerprint density at radius 3 is 2.70 bits per heavy atom. The summed E-state index contributed by atoms with van der Waals surface area (Å²) in [6.45, 7) is 2.10. The second kappa shape index (κ2) is 5.75. The first kappa shape index (κ1) is 13.8. The Morgan fingerprint density at radius 1 is 1.00 bits per heavy atom. The van der Waals surface area contributed by atoms with Crippen LogP contribution in [0, 0.1) is 0 Å². The minimum atomic E-state index is -0.202. The molecule has 1 fully saturated rings. The van der Waals surface area contributed by atoms with Crippen LogP contribution >= 0.6 is 0 Å². The van der Waals surface area contributed by atoms with Gasteiger partial charge >= 0.3 is 5.69 Å². The lowest BCUT2D eigenvalue weighted by Crippen LogP contribution is -2.30. The van der Waals surface area contributed by atoms with Crippen LogP contribution in [0.4, 0.5) is 17.3 Å². The van der Waals surface area contributed by atoms with Gasteiger partial charge in [-0.1, -0.05) is 0 Å². The van der Waals surface area contributed by atoms with Crippen LogP contribution in [0.1, 0.15) is 19.3 Å². The minimum Gasteiger partial charge on any atom is -0.356 e. The van der Waals surface area contributed by atoms with Gasteiger partial charge in [0.2, 0.25) is 0 Å². The van der Waals surface area contributed by atoms with Gasteiger partial charge in [-0.3, -0.25) is 0 Å². The molecule has 0 bridgehead atoms. The largest absolute Gasteiger partial charge is 0.356 e. The van der Waals surface area contributed by atoms with E-state index < -0.39 is 0 Å². The third-order valence-electron chi connectivity index (χ3n) is 4.12. The molecule has 1 aliphatic rings. The number of aromatic amines is 2. The summed E-state index contributed by atoms with van der Waals surface area (Å²) in [5.41, 5.74) is 2.23. The number of nitrogens with zero attached hydrogens (tertiary/aromatic N) is 3. The number of imidazole rings is 1. The molecule has 0 radical (unpaired) electrons. The summed E-state index contributed by atoms with van der Waals surface area (Å²) in [5, 5.41) is 3.27. The van der Waals surface area contributed by atoms with Crippen LogP contribution in [0.25, 0.3) is 11.0 Å². The highest BCUT2D eigenvalue weighted by Crippen LogP contribution is 2.22. The molecule has 0 saturated carbocycles. The second-order valence-electron chi connectivity index (χ2n) is 5.77. The van der Waals surface area contributed by atoms with E-state index in [9.17, 15) is 4.79 Å². The lowest BCUT2D eigenvalue weighted by molar-refractivity contribution is 0.573. The molecule has 1 aromatic carbocycles. The third-order valence-corrected chi connectivity index (χ3v) is 4.12. The normalized spacial score (nSPS) is 15.0. The molecule has 3 N–H and O–H groups in total. The molecule has 4 rings (SSSR count). The monoisotopic (exact) mass is 310 g/mol. The Labute approximate surface area is 132 Å². The SMILES string of the molecule is O=c1[nH]c2ccc(Nc3cc(N4CCCCC4)ncn3)cc2[nH]1. The zero-order valence-electron chi connectivity index (χ0n) is 12.7. The molecule has 0 atom stereocenters. The van der Waals surface area contributed by atoms with Crippen LogP contribution < -0.4 is 15.9 Å². The predicted molar refractivity (Wildman–Crippen MR) is 90.3 cm³/mol. The second-order valence-corrected chi connectivity index (χ2v) is 5.77. The predicted octanol–water partition coefficient (Wildman–Crippen LogP) is 2.38. The molecule has 3 aromatic rings. The zero-order chi connectivity index (χ0) is 15.6. The van der Waals surface area contributed by atoms with Crippen molar-refractivity contribution >= 4 is 28.4 Å². The smallest absolute Gasteiger partial charge is 0.323 e. The Bertz CT molecular complexity index is 877. The van der Waals surface area contributed by atoms with Crippen molar-refractivity contribution in [2.24, 2.45) is 0 Å². The number of hydrogen-bond donors (Lipinski definition) is 3. The van der Waals surface area contributed by atoms with Gasteiger partial charge in [0, 0.05) is 24.8 Å². The van der Waals surface area contributed by atoms with Crippen molar-refractivity contribution in [2.75, 3.05) is 23.3 Å². The fraction of sp³-hybridized carbons (Fsp3) is 0.312. The van der Waals surface area contributed by atoms with Crippen LogP contribution in [-0.4, -0.2) is 33.0 Å². The maximum absolute atomic E-state index is 11.3. The van der Waals surface area contributed by atoms with E-state index in [4.69, 9.17) is 0 Å². The van der Waals surface area contributed by atoms with Gasteiger partial charge in [-0.15, -0.1) is 0 Å². The molecular weight excluding hydrogens is 292 g/mol. The van der Waals surface area contributed by atoms with Gasteiger partial charge in [0.1, 0.15) is 18.0 Å². The van der Waals surface area contributed by atoms with E-state index in [1.165, 1.54) is 19.3 Å². The number of H-pyrrole nitrogens is 2. The number of aromatic nitrogens is 4. The number of benzene rings is 1. The fourth-order valence-corrected chi connectivity index (χ4v) is 2.97. The molecule has 7 heteroatoms. The average Bonchev–Trinajstić information content (AvgIpc) is 2.95. The molecule has 0 unspecified atom stereocenters. The Morgan fingerprint density at radius 2 is 1.83 bits per heavy atom. The third kappa shape index (κ3) is 2.90. The van der Waals surface area contributed by atoms with Crippen molar-refractivity contribution in [3.63, 3.8) is 0 Å². The number of anilines is 3. The number of piperidine rings is 1. The van der Waals surface area contributed by atoms with Gasteiger partial charge in [0.25, 0.3) is 0 Å². The summed E-state index contributed by atoms with van der Waals surface area (Å²) in [7, 11) is 0. The minimum absolute atomic E-state index is 0.202. The Balaban J connectivity index is 1.58. The number of rotatable bonds is 3. The lowest BCUT2D eigenvalue weighted by Gasteiger charge is -2.27. The highest BCUT2D eigenvalue weighted by Gasteiger charge is 2.12. The van der Waals surface area contributed by atoms with E-state index in [-0.39, 0.29) is 5.69 Å². The Hall–Kier alpha value is -2.83. The van der Waals surface area contributed by atoms with E-state index >= 15 is 0 Å². The summed E-state index contributed by atoms with van der Waals surface area (Å²) >= 11 is 0. The number of nitrogens with one attached hydrogen (secondary N) is 3. The topological polar surface area (TPSA) is 89.7 Å². The first-order chi connectivity index (χ1) is 11.3. The summed E-state index contributed by atoms with van der Waals surface area (Å²) in [6, 6.07) is 7.63. The summed E-state index contributed by atoms with van der Waals surface area (Å²) in [6.07, 6.45) is 5.30. The van der Waals surface area contributed by atoms with Gasteiger partial charge < -0.3 is 20.2 Å². The van der Waals surface area contributed by atoms with Crippen molar-refractivity contribution < 1.29 is 0 Å². The van der Waals surface area contributed by atoms with E-state index in [1.807, 2.05) is 24.3 Å². The fourth-order valence-electron chi connectivity index (χ4n) is 2.97. The summed E-state index contributed by atoms with van der Waals surface area (Å²) in [4.78, 5) is 27.8. The van der Waals surface area contributed by atoms with Crippen molar-refractivity contribution in [3.8, 4) is 0 Å². The van der Waals surface area contributed by atoms with Crippen LogP contribution in [-0.2, 0) is 0 Å². The molecule has 1 saturated heterocycles. The molecule has 1 aliphatic heterocycles. The van der Waals surface area contributed by atoms with E-state index in [2.05, 4.69) is 30.2 Å². The molecule has 23 heavy (non-hydrogen) atoms. The quantitative estimate of drug-likeness (QED) is 0.691. The summed E-state index contributed by atoms with van der Waals surface area (Å²) in [5.74, 6) is 1.70. The molecule has 118 valence electrons. The standard InChI is InChI=1S/C16H18N6O/c23-16-20-12-5-4-11(8-13(12)21-16)19-14-9-15(18-10-17-14)22-6-2-1-3-7-22/h4-5,8-10H,1-3,6-7H2,(H,17,18,19)(H2,20,21,23). The summed E-state index contributed by atoms with van der Waals surface area (Å²) < 4.78 is 0. The van der Waals surface area contributed by atoms with Crippen LogP contribution in [0.15, 0.2) is 35.4 Å². The average molecular weight is 310 g/mol. The first-order valence-electron chi connectivity index (χ1n) is 7.84. The number of fused-ring (bicyclic) bond motifs is 1. The van der Waals surface area contributed by atoms with Crippen LogP contribution in [0.5, 0.6) is 0 Å². The highest BCUT2D eigenvalue weighted by atomic mass is 16.1. The van der Waals surface area contributed by atoms with Crippen LogP contribution in [0.2, 0.25) is 0 Å². The molecule has 0 spiro atoms. The molecule has 0 aliphatic carbocycles. The van der Waals surface area contributed by atoms with E-state index in [0.29, 0.717) is 0 Å². The van der Waals surface area contributed by atoms with Gasteiger partial charge in [-0.25, -0.2) is 14.8 Å². The van der Waals surface area contributed by atoms with Crippen molar-refractivity contribution in [1.82, 2.24) is 19.9 Å². The molecule has 0 amide bonds. The van der Waals surface area contributed by atoms with Crippen molar-refractivity contribution in [1.29, 1.82) is 0 Å². The maximum atomic E-state index is 11.3. The van der Waals surface area contributed by atoms with Gasteiger partial charge in [-0.05, 0) is 37.5 Å². The molecular formula is C16H18N6O. The number of hydrogen-bond acceptors (Lipinski definition) is 5. The van der Waals surface area contributed by atoms with E-state index in [0.717, 1.165) is 41.4 Å². The van der Waals surface area contributed by atoms with Crippen molar-refractivity contribution in [2.45, 2.75) is 19.3 Å². The van der Waals surface area contributed by atoms with Gasteiger partial charge in [0.05, 0.1) is 11.0 Å². The zero-order valence-corrected chi connectivity index (χ0v) is 12.7. The van der Waals surface area contributed by atoms with Crippen molar-refractivity contribution in [3.05, 3.63) is 41.1 Å². The maximum Gasteiger partial charge on any atom is 0.323 e. The van der Waals surface area contributed by atoms with Gasteiger partial charge in [-0.2, -0.15) is 0 Å². The molecule has 7 nitrogen and oxygen atoms in total. The molecule has 3 heterocycles.